The lowest BCUT2D eigenvalue weighted by Crippen LogP contribution is -2.36. The van der Waals surface area contributed by atoms with Crippen LogP contribution in [0.4, 0.5) is 14.5 Å². The molecule has 2 aliphatic rings. The van der Waals surface area contributed by atoms with Gasteiger partial charge in [0, 0.05) is 30.8 Å². The highest BCUT2D eigenvalue weighted by molar-refractivity contribution is 6.21. The summed E-state index contributed by atoms with van der Waals surface area (Å²) in [4.78, 5) is 7.78. The smallest absolute Gasteiger partial charge is 0.198 e. The van der Waals surface area contributed by atoms with Crippen LogP contribution >= 0.6 is 11.6 Å². The van der Waals surface area contributed by atoms with Crippen LogP contribution in [-0.2, 0) is 0 Å². The minimum Gasteiger partial charge on any atom is -0.326 e. The molecule has 3 rings (SSSR count). The fourth-order valence-corrected chi connectivity index (χ4v) is 3.00. The maximum absolute atomic E-state index is 14.2. The number of benzene rings is 1. The van der Waals surface area contributed by atoms with E-state index in [1.807, 2.05) is 13.8 Å². The summed E-state index contributed by atoms with van der Waals surface area (Å²) in [5.41, 5.74) is 0.435. The lowest BCUT2D eigenvalue weighted by Gasteiger charge is -2.33. The van der Waals surface area contributed by atoms with Gasteiger partial charge < -0.3 is 9.80 Å². The van der Waals surface area contributed by atoms with Crippen molar-refractivity contribution in [3.8, 4) is 0 Å². The van der Waals surface area contributed by atoms with Crippen molar-refractivity contribution in [1.82, 2.24) is 4.90 Å². The number of hydrogen-bond acceptors (Lipinski definition) is 3. The van der Waals surface area contributed by atoms with Crippen molar-refractivity contribution in [2.45, 2.75) is 19.5 Å². The molecular formula is C15H16ClF2N3. The molecule has 0 aliphatic carbocycles. The van der Waals surface area contributed by atoms with Gasteiger partial charge in [-0.05, 0) is 12.1 Å². The Morgan fingerprint density at radius 2 is 2.05 bits per heavy atom. The van der Waals surface area contributed by atoms with E-state index in [0.29, 0.717) is 6.54 Å². The van der Waals surface area contributed by atoms with Crippen LogP contribution in [0.2, 0.25) is 0 Å². The molecule has 0 bridgehead atoms. The summed E-state index contributed by atoms with van der Waals surface area (Å²) in [6.45, 7) is 4.64. The molecule has 0 saturated heterocycles. The molecule has 0 aromatic heterocycles. The summed E-state index contributed by atoms with van der Waals surface area (Å²) in [6, 6.07) is 4.20. The molecule has 2 aliphatic heterocycles. The van der Waals surface area contributed by atoms with Gasteiger partial charge in [-0.1, -0.05) is 31.5 Å². The van der Waals surface area contributed by atoms with Crippen LogP contribution in [0.25, 0.3) is 0 Å². The first-order valence-corrected chi connectivity index (χ1v) is 7.13. The molecule has 0 amide bonds. The number of nitrogens with zero attached hydrogens (tertiary/aromatic N) is 3. The van der Waals surface area contributed by atoms with Gasteiger partial charge in [-0.2, -0.15) is 0 Å². The molecule has 0 fully saturated rings. The van der Waals surface area contributed by atoms with Gasteiger partial charge in [0.1, 0.15) is 5.82 Å². The monoisotopic (exact) mass is 311 g/mol. The van der Waals surface area contributed by atoms with Crippen LogP contribution in [0.3, 0.4) is 0 Å². The van der Waals surface area contributed by atoms with Crippen LogP contribution in [-0.4, -0.2) is 30.3 Å². The van der Waals surface area contributed by atoms with Gasteiger partial charge in [0.15, 0.2) is 17.3 Å². The second-order valence-corrected chi connectivity index (χ2v) is 6.37. The lowest BCUT2D eigenvalue weighted by atomic mass is 9.87. The van der Waals surface area contributed by atoms with E-state index in [0.717, 1.165) is 17.5 Å². The fourth-order valence-electron chi connectivity index (χ4n) is 2.85. The molecule has 2 heterocycles. The Morgan fingerprint density at radius 3 is 2.76 bits per heavy atom. The van der Waals surface area contributed by atoms with Crippen molar-refractivity contribution in [2.75, 3.05) is 18.5 Å². The van der Waals surface area contributed by atoms with Gasteiger partial charge in [0.2, 0.25) is 0 Å². The number of anilines is 1. The zero-order valence-corrected chi connectivity index (χ0v) is 12.8. The van der Waals surface area contributed by atoms with E-state index in [4.69, 9.17) is 11.6 Å². The number of aliphatic imine (C=N–C) groups is 1. The third-order valence-corrected chi connectivity index (χ3v) is 4.39. The highest BCUT2D eigenvalue weighted by atomic mass is 35.5. The molecule has 1 aromatic rings. The van der Waals surface area contributed by atoms with Crippen molar-refractivity contribution >= 4 is 23.5 Å². The van der Waals surface area contributed by atoms with Gasteiger partial charge in [-0.25, -0.2) is 8.78 Å². The van der Waals surface area contributed by atoms with Crippen molar-refractivity contribution in [3.63, 3.8) is 0 Å². The first-order valence-electron chi connectivity index (χ1n) is 6.69. The number of halogens is 3. The van der Waals surface area contributed by atoms with E-state index in [1.165, 1.54) is 6.07 Å². The van der Waals surface area contributed by atoms with Gasteiger partial charge in [0.25, 0.3) is 0 Å². The topological polar surface area (TPSA) is 18.8 Å². The van der Waals surface area contributed by atoms with Gasteiger partial charge >= 0.3 is 0 Å². The molecule has 0 spiro atoms. The van der Waals surface area contributed by atoms with Gasteiger partial charge in [-0.3, -0.25) is 4.99 Å². The van der Waals surface area contributed by atoms with E-state index >= 15 is 0 Å². The molecule has 0 saturated carbocycles. The summed E-state index contributed by atoms with van der Waals surface area (Å²) in [5, 5.41) is 0. The van der Waals surface area contributed by atoms with E-state index in [-0.39, 0.29) is 11.1 Å². The molecule has 3 nitrogen and oxygen atoms in total. The Labute approximate surface area is 127 Å². The third-order valence-electron chi connectivity index (χ3n) is 3.98. The second kappa shape index (κ2) is 4.70. The van der Waals surface area contributed by atoms with E-state index in [2.05, 4.69) is 4.99 Å². The minimum absolute atomic E-state index is 0.219. The number of hydrogen-bond donors (Lipinski definition) is 0. The Hall–Kier alpha value is -1.62. The van der Waals surface area contributed by atoms with Crippen molar-refractivity contribution in [2.24, 2.45) is 10.4 Å². The molecule has 1 unspecified atom stereocenters. The van der Waals surface area contributed by atoms with Crippen LogP contribution in [0.5, 0.6) is 0 Å². The molecule has 1 atom stereocenters. The van der Waals surface area contributed by atoms with Crippen LogP contribution in [0, 0.1) is 17.0 Å². The zero-order valence-electron chi connectivity index (χ0n) is 12.1. The quantitative estimate of drug-likeness (QED) is 0.583. The molecule has 6 heteroatoms. The highest BCUT2D eigenvalue weighted by Gasteiger charge is 2.42. The lowest BCUT2D eigenvalue weighted by molar-refractivity contribution is 0.379. The largest absolute Gasteiger partial charge is 0.326 e. The van der Waals surface area contributed by atoms with E-state index < -0.39 is 17.3 Å². The number of alkyl halides is 1. The summed E-state index contributed by atoms with van der Waals surface area (Å²) in [5.74, 6) is -0.919. The maximum Gasteiger partial charge on any atom is 0.198 e. The Kier molecular flexibility index (Phi) is 3.20. The first-order chi connectivity index (χ1) is 9.83. The Bertz CT molecular complexity index is 654. The standard InChI is InChI=1S/C15H16ClF2N3/c1-15(2)8-21(11-6-4-5-10(17)12(11)18)13-9(15)7-19-14(16)20(13)3/h4-7,14H,8H2,1-3H3. The van der Waals surface area contributed by atoms with Crippen molar-refractivity contribution in [1.29, 1.82) is 0 Å². The van der Waals surface area contributed by atoms with Gasteiger partial charge in [0.05, 0.1) is 5.69 Å². The molecule has 0 radical (unpaired) electrons. The van der Waals surface area contributed by atoms with Crippen molar-refractivity contribution < 1.29 is 8.78 Å². The minimum atomic E-state index is -0.853. The predicted octanol–water partition coefficient (Wildman–Crippen LogP) is 3.56. The average molecular weight is 312 g/mol. The average Bonchev–Trinajstić information content (AvgIpc) is 2.69. The van der Waals surface area contributed by atoms with Crippen LogP contribution < -0.4 is 4.90 Å². The summed E-state index contributed by atoms with van der Waals surface area (Å²) < 4.78 is 27.7. The van der Waals surface area contributed by atoms with Crippen LogP contribution in [0.1, 0.15) is 13.8 Å². The normalized spacial score (nSPS) is 23.8. The predicted molar refractivity (Wildman–Crippen MR) is 80.4 cm³/mol. The summed E-state index contributed by atoms with van der Waals surface area (Å²) in [6.07, 6.45) is 1.74. The summed E-state index contributed by atoms with van der Waals surface area (Å²) in [7, 11) is 1.80. The summed E-state index contributed by atoms with van der Waals surface area (Å²) >= 11 is 6.15. The van der Waals surface area contributed by atoms with E-state index in [1.54, 1.807) is 29.1 Å². The molecule has 0 N–H and O–H groups in total. The third kappa shape index (κ3) is 2.11. The highest BCUT2D eigenvalue weighted by Crippen LogP contribution is 2.44. The second-order valence-electron chi connectivity index (χ2n) is 5.98. The Morgan fingerprint density at radius 1 is 1.33 bits per heavy atom. The first kappa shape index (κ1) is 14.3. The number of rotatable bonds is 1. The Balaban J connectivity index is 2.15. The SMILES string of the molecule is CN1C2=C(C=NC1Cl)C(C)(C)CN2c1cccc(F)c1F. The van der Waals surface area contributed by atoms with Crippen LogP contribution in [0.15, 0.2) is 34.6 Å². The fraction of sp³-hybridized carbons (Fsp3) is 0.400. The molecule has 112 valence electrons. The van der Waals surface area contributed by atoms with Gasteiger partial charge in [-0.15, -0.1) is 0 Å². The zero-order chi connectivity index (χ0) is 15.4. The van der Waals surface area contributed by atoms with E-state index in [9.17, 15) is 8.78 Å². The molecule has 21 heavy (non-hydrogen) atoms. The maximum atomic E-state index is 14.2. The molecular weight excluding hydrogens is 296 g/mol. The molecule has 1 aromatic carbocycles. The van der Waals surface area contributed by atoms with Crippen molar-refractivity contribution in [3.05, 3.63) is 41.2 Å².